The molecule has 0 fully saturated rings. The van der Waals surface area contributed by atoms with Crippen molar-refractivity contribution in [1.29, 1.82) is 5.26 Å². The van der Waals surface area contributed by atoms with Crippen molar-refractivity contribution < 1.29 is 14.3 Å². The minimum Gasteiger partial charge on any atom is -0.489 e. The number of rotatable bonds is 9. The molecule has 0 aromatic heterocycles. The van der Waals surface area contributed by atoms with Gasteiger partial charge in [-0.15, -0.1) is 0 Å². The van der Waals surface area contributed by atoms with Crippen LogP contribution in [-0.2, 0) is 18.0 Å². The summed E-state index contributed by atoms with van der Waals surface area (Å²) >= 11 is 12.5. The highest BCUT2D eigenvalue weighted by molar-refractivity contribution is 6.32. The summed E-state index contributed by atoms with van der Waals surface area (Å²) in [4.78, 5) is 12.7. The molecule has 4 aromatic carbocycles. The Morgan fingerprint density at radius 3 is 2.27 bits per heavy atom. The van der Waals surface area contributed by atoms with Crippen molar-refractivity contribution in [3.63, 3.8) is 0 Å². The summed E-state index contributed by atoms with van der Waals surface area (Å²) in [6.45, 7) is 0.705. The molecule has 0 saturated carbocycles. The lowest BCUT2D eigenvalue weighted by Crippen LogP contribution is -2.13. The van der Waals surface area contributed by atoms with E-state index in [0.29, 0.717) is 39.4 Å². The van der Waals surface area contributed by atoms with Crippen molar-refractivity contribution in [3.8, 4) is 17.6 Å². The summed E-state index contributed by atoms with van der Waals surface area (Å²) < 4.78 is 11.5. The van der Waals surface area contributed by atoms with Gasteiger partial charge in [0.15, 0.2) is 0 Å². The number of anilines is 1. The lowest BCUT2D eigenvalue weighted by molar-refractivity contribution is -0.112. The molecule has 1 N–H and O–H groups in total. The molecule has 5 nitrogen and oxygen atoms in total. The Kier molecular flexibility index (Phi) is 8.83. The highest BCUT2D eigenvalue weighted by atomic mass is 35.5. The van der Waals surface area contributed by atoms with E-state index in [9.17, 15) is 10.1 Å². The van der Waals surface area contributed by atoms with E-state index in [1.54, 1.807) is 48.5 Å². The Bertz CT molecular complexity index is 1450. The molecule has 0 aliphatic rings. The van der Waals surface area contributed by atoms with Gasteiger partial charge in [0.2, 0.25) is 0 Å². The number of nitrogens with one attached hydrogen (secondary N) is 1. The van der Waals surface area contributed by atoms with Crippen LogP contribution in [0.2, 0.25) is 10.0 Å². The molecule has 0 bridgehead atoms. The van der Waals surface area contributed by atoms with E-state index in [4.69, 9.17) is 32.7 Å². The number of hydrogen-bond donors (Lipinski definition) is 1. The number of carbonyl (C=O) groups is 1. The first kappa shape index (κ1) is 25.8. The largest absolute Gasteiger partial charge is 0.489 e. The van der Waals surface area contributed by atoms with E-state index < -0.39 is 5.91 Å². The second-order valence-electron chi connectivity index (χ2n) is 7.99. The first-order valence-corrected chi connectivity index (χ1v) is 12.1. The van der Waals surface area contributed by atoms with Gasteiger partial charge < -0.3 is 14.8 Å². The second-order valence-corrected chi connectivity index (χ2v) is 8.81. The average Bonchev–Trinajstić information content (AvgIpc) is 2.92. The Morgan fingerprint density at radius 2 is 1.57 bits per heavy atom. The quantitative estimate of drug-likeness (QED) is 0.178. The van der Waals surface area contributed by atoms with E-state index >= 15 is 0 Å². The molecule has 4 aromatic rings. The van der Waals surface area contributed by atoms with E-state index in [1.807, 2.05) is 54.6 Å². The van der Waals surface area contributed by atoms with Gasteiger partial charge in [-0.05, 0) is 59.7 Å². The van der Waals surface area contributed by atoms with Gasteiger partial charge >= 0.3 is 0 Å². The average molecular weight is 529 g/mol. The number of carbonyl (C=O) groups excluding carboxylic acids is 1. The zero-order chi connectivity index (χ0) is 26.0. The van der Waals surface area contributed by atoms with Crippen molar-refractivity contribution in [1.82, 2.24) is 0 Å². The molecule has 184 valence electrons. The monoisotopic (exact) mass is 528 g/mol. The first-order chi connectivity index (χ1) is 18.0. The highest BCUT2D eigenvalue weighted by Crippen LogP contribution is 2.28. The number of amides is 1. The molecule has 0 atom stereocenters. The van der Waals surface area contributed by atoms with Crippen LogP contribution < -0.4 is 14.8 Å². The van der Waals surface area contributed by atoms with Gasteiger partial charge in [0, 0.05) is 16.3 Å². The Hall–Kier alpha value is -4.24. The molecule has 1 amide bonds. The van der Waals surface area contributed by atoms with Gasteiger partial charge in [-0.1, -0.05) is 77.8 Å². The summed E-state index contributed by atoms with van der Waals surface area (Å²) in [6, 6.07) is 31.2. The number of ether oxygens (including phenoxy) is 2. The lowest BCUT2D eigenvalue weighted by atomic mass is 10.1. The molecule has 0 unspecified atom stereocenters. The number of nitrogens with zero attached hydrogens (tertiary/aromatic N) is 1. The number of halogens is 2. The summed E-state index contributed by atoms with van der Waals surface area (Å²) in [5, 5.41) is 13.2. The topological polar surface area (TPSA) is 71.3 Å². The second kappa shape index (κ2) is 12.6. The van der Waals surface area contributed by atoms with Crippen LogP contribution in [0.25, 0.3) is 6.08 Å². The summed E-state index contributed by atoms with van der Waals surface area (Å²) in [6.07, 6.45) is 1.47. The third-order valence-electron chi connectivity index (χ3n) is 5.33. The van der Waals surface area contributed by atoms with Crippen LogP contribution in [0.3, 0.4) is 0 Å². The van der Waals surface area contributed by atoms with Crippen molar-refractivity contribution in [3.05, 3.63) is 129 Å². The van der Waals surface area contributed by atoms with Crippen molar-refractivity contribution >= 4 is 40.9 Å². The minimum absolute atomic E-state index is 0.0646. The van der Waals surface area contributed by atoms with Crippen LogP contribution >= 0.6 is 23.2 Å². The summed E-state index contributed by atoms with van der Waals surface area (Å²) in [5.74, 6) is 0.608. The number of benzene rings is 4. The first-order valence-electron chi connectivity index (χ1n) is 11.4. The Labute approximate surface area is 225 Å². The fourth-order valence-corrected chi connectivity index (χ4v) is 3.82. The SMILES string of the molecule is N#C/C(=C\c1ccc(OCc2ccccc2Cl)c(Cl)c1)C(=O)Nc1ccc(OCc2ccccc2)cc1. The van der Waals surface area contributed by atoms with Crippen LogP contribution in [0.15, 0.2) is 103 Å². The lowest BCUT2D eigenvalue weighted by Gasteiger charge is -2.10. The fourth-order valence-electron chi connectivity index (χ4n) is 3.38. The Balaban J connectivity index is 1.36. The zero-order valence-electron chi connectivity index (χ0n) is 19.7. The molecule has 4 rings (SSSR count). The molecular weight excluding hydrogens is 507 g/mol. The minimum atomic E-state index is -0.532. The van der Waals surface area contributed by atoms with Gasteiger partial charge in [-0.25, -0.2) is 0 Å². The van der Waals surface area contributed by atoms with Crippen molar-refractivity contribution in [2.75, 3.05) is 5.32 Å². The van der Waals surface area contributed by atoms with Crippen molar-refractivity contribution in [2.24, 2.45) is 0 Å². The fraction of sp³-hybridized carbons (Fsp3) is 0.0667. The van der Waals surface area contributed by atoms with Gasteiger partial charge in [-0.3, -0.25) is 4.79 Å². The maximum atomic E-state index is 12.7. The Morgan fingerprint density at radius 1 is 0.838 bits per heavy atom. The summed E-state index contributed by atoms with van der Waals surface area (Å²) in [5.41, 5.74) is 2.96. The maximum absolute atomic E-state index is 12.7. The molecule has 7 heteroatoms. The molecule has 0 aliphatic heterocycles. The van der Waals surface area contributed by atoms with Crippen LogP contribution in [0, 0.1) is 11.3 Å². The predicted octanol–water partition coefficient (Wildman–Crippen LogP) is 7.70. The molecule has 0 heterocycles. The smallest absolute Gasteiger partial charge is 0.266 e. The maximum Gasteiger partial charge on any atom is 0.266 e. The molecule has 37 heavy (non-hydrogen) atoms. The van der Waals surface area contributed by atoms with Gasteiger partial charge in [0.05, 0.1) is 5.02 Å². The van der Waals surface area contributed by atoms with Crippen LogP contribution in [0.5, 0.6) is 11.5 Å². The summed E-state index contributed by atoms with van der Waals surface area (Å²) in [7, 11) is 0. The standard InChI is InChI=1S/C30H22Cl2N2O3/c31-27-9-5-4-8-23(27)20-37-29-15-10-22(17-28(29)32)16-24(18-33)30(35)34-25-11-13-26(14-12-25)36-19-21-6-2-1-3-7-21/h1-17H,19-20H2,(H,34,35)/b24-16+. The zero-order valence-corrected chi connectivity index (χ0v) is 21.2. The number of hydrogen-bond acceptors (Lipinski definition) is 4. The highest BCUT2D eigenvalue weighted by Gasteiger charge is 2.11. The molecule has 0 saturated heterocycles. The molecular formula is C30H22Cl2N2O3. The van der Waals surface area contributed by atoms with E-state index in [1.165, 1.54) is 6.08 Å². The van der Waals surface area contributed by atoms with Gasteiger partial charge in [0.25, 0.3) is 5.91 Å². The molecule has 0 aliphatic carbocycles. The van der Waals surface area contributed by atoms with Crippen LogP contribution in [-0.4, -0.2) is 5.91 Å². The molecule has 0 radical (unpaired) electrons. The molecule has 0 spiro atoms. The number of nitriles is 1. The van der Waals surface area contributed by atoms with E-state index in [2.05, 4.69) is 5.32 Å². The van der Waals surface area contributed by atoms with Crippen molar-refractivity contribution in [2.45, 2.75) is 13.2 Å². The third-order valence-corrected chi connectivity index (χ3v) is 6.00. The van der Waals surface area contributed by atoms with Gasteiger partial charge in [0.1, 0.15) is 36.4 Å². The third kappa shape index (κ3) is 7.37. The van der Waals surface area contributed by atoms with Crippen LogP contribution in [0.4, 0.5) is 5.69 Å². The van der Waals surface area contributed by atoms with Gasteiger partial charge in [-0.2, -0.15) is 5.26 Å². The van der Waals surface area contributed by atoms with E-state index in [0.717, 1.165) is 11.1 Å². The van der Waals surface area contributed by atoms with Crippen LogP contribution in [0.1, 0.15) is 16.7 Å². The predicted molar refractivity (Wildman–Crippen MR) is 147 cm³/mol. The van der Waals surface area contributed by atoms with E-state index in [-0.39, 0.29) is 12.2 Å². The normalized spacial score (nSPS) is 10.9.